The molecule has 0 saturated carbocycles. The van der Waals surface area contributed by atoms with E-state index in [-0.39, 0.29) is 18.9 Å². The molecule has 0 heterocycles. The monoisotopic (exact) mass is 384 g/mol. The molecule has 0 aromatic heterocycles. The molecule has 1 N–H and O–H groups in total. The van der Waals surface area contributed by atoms with Crippen molar-refractivity contribution >= 4 is 33.2 Å². The number of amides is 1. The lowest BCUT2D eigenvalue weighted by Gasteiger charge is -2.22. The number of benzene rings is 2. The maximum atomic E-state index is 13.5. The Morgan fingerprint density at radius 2 is 1.80 bits per heavy atom. The summed E-state index contributed by atoms with van der Waals surface area (Å²) in [7, 11) is -3.64. The van der Waals surface area contributed by atoms with Gasteiger partial charge in [-0.1, -0.05) is 29.8 Å². The Bertz CT molecular complexity index is 841. The SMILES string of the molecule is CS(=O)(=O)N(CC(=O)NCCc1ccccc1F)c1ccc(Cl)cc1. The Hall–Kier alpha value is -2.12. The zero-order valence-electron chi connectivity index (χ0n) is 13.6. The van der Waals surface area contributed by atoms with Gasteiger partial charge >= 0.3 is 0 Å². The summed E-state index contributed by atoms with van der Waals surface area (Å²) in [4.78, 5) is 12.1. The summed E-state index contributed by atoms with van der Waals surface area (Å²) < 4.78 is 38.4. The molecule has 0 aliphatic rings. The molecule has 2 rings (SSSR count). The lowest BCUT2D eigenvalue weighted by Crippen LogP contribution is -2.41. The molecule has 0 unspecified atom stereocenters. The van der Waals surface area contributed by atoms with Crippen molar-refractivity contribution in [3.63, 3.8) is 0 Å². The molecule has 0 atom stereocenters. The van der Waals surface area contributed by atoms with E-state index in [2.05, 4.69) is 5.32 Å². The van der Waals surface area contributed by atoms with Crippen LogP contribution in [-0.2, 0) is 21.2 Å². The van der Waals surface area contributed by atoms with Crippen LogP contribution in [0.4, 0.5) is 10.1 Å². The number of hydrogen-bond donors (Lipinski definition) is 1. The molecule has 2 aromatic carbocycles. The van der Waals surface area contributed by atoms with E-state index in [1.165, 1.54) is 18.2 Å². The van der Waals surface area contributed by atoms with Gasteiger partial charge in [0.25, 0.3) is 0 Å². The first kappa shape index (κ1) is 19.2. The molecule has 134 valence electrons. The molecule has 0 fully saturated rings. The van der Waals surface area contributed by atoms with E-state index in [0.717, 1.165) is 10.6 Å². The number of nitrogens with one attached hydrogen (secondary N) is 1. The maximum absolute atomic E-state index is 13.5. The molecular formula is C17H18ClFN2O3S. The third-order valence-electron chi connectivity index (χ3n) is 3.48. The summed E-state index contributed by atoms with van der Waals surface area (Å²) in [5.41, 5.74) is 0.830. The number of carbonyl (C=O) groups excluding carboxylic acids is 1. The van der Waals surface area contributed by atoms with Crippen molar-refractivity contribution < 1.29 is 17.6 Å². The van der Waals surface area contributed by atoms with E-state index >= 15 is 0 Å². The number of halogens is 2. The van der Waals surface area contributed by atoms with Gasteiger partial charge in [-0.2, -0.15) is 0 Å². The van der Waals surface area contributed by atoms with Gasteiger partial charge in [0, 0.05) is 11.6 Å². The van der Waals surface area contributed by atoms with E-state index in [4.69, 9.17) is 11.6 Å². The van der Waals surface area contributed by atoms with Crippen LogP contribution in [0.2, 0.25) is 5.02 Å². The normalized spacial score (nSPS) is 11.2. The van der Waals surface area contributed by atoms with Crippen molar-refractivity contribution in [1.82, 2.24) is 5.32 Å². The number of hydrogen-bond acceptors (Lipinski definition) is 3. The van der Waals surface area contributed by atoms with Crippen LogP contribution in [0.5, 0.6) is 0 Å². The lowest BCUT2D eigenvalue weighted by atomic mass is 10.1. The van der Waals surface area contributed by atoms with E-state index in [1.54, 1.807) is 30.3 Å². The molecule has 0 aliphatic carbocycles. The van der Waals surface area contributed by atoms with Crippen LogP contribution in [0.15, 0.2) is 48.5 Å². The molecule has 25 heavy (non-hydrogen) atoms. The minimum atomic E-state index is -3.64. The molecule has 1 amide bonds. The fraction of sp³-hybridized carbons (Fsp3) is 0.235. The highest BCUT2D eigenvalue weighted by atomic mass is 35.5. The molecule has 0 aliphatic heterocycles. The fourth-order valence-electron chi connectivity index (χ4n) is 2.23. The third kappa shape index (κ3) is 5.72. The highest BCUT2D eigenvalue weighted by Crippen LogP contribution is 2.20. The smallest absolute Gasteiger partial charge is 0.240 e. The summed E-state index contributed by atoms with van der Waals surface area (Å²) in [5.74, 6) is -0.813. The van der Waals surface area contributed by atoms with Crippen molar-refractivity contribution in [3.05, 3.63) is 64.9 Å². The summed E-state index contributed by atoms with van der Waals surface area (Å²) in [6, 6.07) is 12.4. The zero-order chi connectivity index (χ0) is 18.4. The second kappa shape index (κ2) is 8.31. The fourth-order valence-corrected chi connectivity index (χ4v) is 3.21. The zero-order valence-corrected chi connectivity index (χ0v) is 15.1. The highest BCUT2D eigenvalue weighted by Gasteiger charge is 2.20. The summed E-state index contributed by atoms with van der Waals surface area (Å²) >= 11 is 5.80. The van der Waals surface area contributed by atoms with Crippen molar-refractivity contribution in [3.8, 4) is 0 Å². The molecule has 8 heteroatoms. The Balaban J connectivity index is 1.98. The van der Waals surface area contributed by atoms with E-state index < -0.39 is 15.9 Å². The Morgan fingerprint density at radius 1 is 1.16 bits per heavy atom. The van der Waals surface area contributed by atoms with Gasteiger partial charge in [0.05, 0.1) is 11.9 Å². The van der Waals surface area contributed by atoms with E-state index in [1.807, 2.05) is 0 Å². The van der Waals surface area contributed by atoms with Crippen molar-refractivity contribution in [2.75, 3.05) is 23.7 Å². The first-order valence-corrected chi connectivity index (χ1v) is 9.73. The number of carbonyl (C=O) groups is 1. The van der Waals surface area contributed by atoms with Crippen LogP contribution < -0.4 is 9.62 Å². The molecule has 2 aromatic rings. The van der Waals surface area contributed by atoms with Crippen LogP contribution >= 0.6 is 11.6 Å². The molecular weight excluding hydrogens is 367 g/mol. The number of nitrogens with zero attached hydrogens (tertiary/aromatic N) is 1. The lowest BCUT2D eigenvalue weighted by molar-refractivity contribution is -0.119. The number of anilines is 1. The number of sulfonamides is 1. The van der Waals surface area contributed by atoms with Gasteiger partial charge in [-0.25, -0.2) is 12.8 Å². The highest BCUT2D eigenvalue weighted by molar-refractivity contribution is 7.92. The van der Waals surface area contributed by atoms with Crippen molar-refractivity contribution in [1.29, 1.82) is 0 Å². The largest absolute Gasteiger partial charge is 0.354 e. The van der Waals surface area contributed by atoms with Gasteiger partial charge in [-0.05, 0) is 42.3 Å². The maximum Gasteiger partial charge on any atom is 0.240 e. The van der Waals surface area contributed by atoms with Crippen molar-refractivity contribution in [2.24, 2.45) is 0 Å². The van der Waals surface area contributed by atoms with Crippen LogP contribution in [0.1, 0.15) is 5.56 Å². The minimum Gasteiger partial charge on any atom is -0.354 e. The molecule has 5 nitrogen and oxygen atoms in total. The minimum absolute atomic E-state index is 0.206. The van der Waals surface area contributed by atoms with Gasteiger partial charge in [-0.3, -0.25) is 9.10 Å². The standard InChI is InChI=1S/C17H18ClFN2O3S/c1-25(23,24)21(15-8-6-14(18)7-9-15)12-17(22)20-11-10-13-4-2-3-5-16(13)19/h2-9H,10-12H2,1H3,(H,20,22). The van der Waals surface area contributed by atoms with Gasteiger partial charge in [0.2, 0.25) is 15.9 Å². The predicted octanol–water partition coefficient (Wildman–Crippen LogP) is 2.60. The molecule has 0 spiro atoms. The van der Waals surface area contributed by atoms with Crippen molar-refractivity contribution in [2.45, 2.75) is 6.42 Å². The van der Waals surface area contributed by atoms with Crippen LogP contribution in [0, 0.1) is 5.82 Å². The molecule has 0 radical (unpaired) electrons. The van der Waals surface area contributed by atoms with E-state index in [9.17, 15) is 17.6 Å². The Kier molecular flexibility index (Phi) is 6.39. The predicted molar refractivity (Wildman–Crippen MR) is 96.8 cm³/mol. The second-order valence-electron chi connectivity index (χ2n) is 5.44. The third-order valence-corrected chi connectivity index (χ3v) is 4.87. The molecule has 0 saturated heterocycles. The Labute approximate surface area is 151 Å². The second-order valence-corrected chi connectivity index (χ2v) is 7.78. The topological polar surface area (TPSA) is 66.5 Å². The van der Waals surface area contributed by atoms with Gasteiger partial charge in [-0.15, -0.1) is 0 Å². The Morgan fingerprint density at radius 3 is 2.40 bits per heavy atom. The average molecular weight is 385 g/mol. The quantitative estimate of drug-likeness (QED) is 0.798. The first-order valence-electron chi connectivity index (χ1n) is 7.51. The first-order chi connectivity index (χ1) is 11.8. The van der Waals surface area contributed by atoms with Crippen LogP contribution in [-0.4, -0.2) is 33.7 Å². The van der Waals surface area contributed by atoms with Crippen LogP contribution in [0.25, 0.3) is 0 Å². The van der Waals surface area contributed by atoms with Gasteiger partial charge < -0.3 is 5.32 Å². The summed E-state index contributed by atoms with van der Waals surface area (Å²) in [6.07, 6.45) is 1.34. The van der Waals surface area contributed by atoms with Gasteiger partial charge in [0.1, 0.15) is 12.4 Å². The summed E-state index contributed by atoms with van der Waals surface area (Å²) in [6.45, 7) is -0.157. The summed E-state index contributed by atoms with van der Waals surface area (Å²) in [5, 5.41) is 3.07. The van der Waals surface area contributed by atoms with Gasteiger partial charge in [0.15, 0.2) is 0 Å². The van der Waals surface area contributed by atoms with E-state index in [0.29, 0.717) is 22.7 Å². The molecule has 0 bridgehead atoms. The number of rotatable bonds is 7. The average Bonchev–Trinajstić information content (AvgIpc) is 2.54. The van der Waals surface area contributed by atoms with Crippen LogP contribution in [0.3, 0.4) is 0 Å².